The number of carboxylic acid groups (broad SMARTS) is 1. The number of alkyl halides is 2. The summed E-state index contributed by atoms with van der Waals surface area (Å²) in [5, 5.41) is 8.66. The molecule has 0 unspecified atom stereocenters. The zero-order valence-corrected chi connectivity index (χ0v) is 11.1. The highest BCUT2D eigenvalue weighted by Crippen LogP contribution is 2.43. The quantitative estimate of drug-likeness (QED) is 0.794. The number of sulfonamides is 1. The van der Waals surface area contributed by atoms with E-state index in [1.165, 1.54) is 0 Å². The molecule has 106 valence electrons. The second kappa shape index (κ2) is 5.08. The third-order valence-corrected chi connectivity index (χ3v) is 5.00. The Balaban J connectivity index is 2.68. The lowest BCUT2D eigenvalue weighted by atomic mass is 9.83. The molecule has 1 saturated carbocycles. The maximum absolute atomic E-state index is 12.6. The lowest BCUT2D eigenvalue weighted by molar-refractivity contribution is -0.137. The van der Waals surface area contributed by atoms with Gasteiger partial charge >= 0.3 is 5.97 Å². The van der Waals surface area contributed by atoms with Gasteiger partial charge in [0.2, 0.25) is 15.9 Å². The number of aliphatic carboxylic acids is 1. The van der Waals surface area contributed by atoms with Gasteiger partial charge in [0.1, 0.15) is 6.54 Å². The van der Waals surface area contributed by atoms with E-state index >= 15 is 0 Å². The first-order chi connectivity index (χ1) is 8.03. The molecule has 5 nitrogen and oxygen atoms in total. The minimum absolute atomic E-state index is 0.409. The number of rotatable bonds is 6. The Bertz CT molecular complexity index is 414. The molecule has 1 fully saturated rings. The molecule has 1 aliphatic carbocycles. The molecule has 0 heterocycles. The second-order valence-corrected chi connectivity index (χ2v) is 6.91. The highest BCUT2D eigenvalue weighted by atomic mass is 32.2. The Labute approximate surface area is 105 Å². The predicted octanol–water partition coefficient (Wildman–Crippen LogP) is 1.16. The van der Waals surface area contributed by atoms with Crippen LogP contribution in [0.3, 0.4) is 0 Å². The van der Waals surface area contributed by atoms with Crippen molar-refractivity contribution < 1.29 is 27.1 Å². The number of carbonyl (C=O) groups is 1. The molecule has 1 aliphatic rings. The number of nitrogens with zero attached hydrogens (tertiary/aromatic N) is 1. The van der Waals surface area contributed by atoms with E-state index in [1.54, 1.807) is 13.8 Å². The van der Waals surface area contributed by atoms with Crippen LogP contribution in [0.1, 0.15) is 26.7 Å². The van der Waals surface area contributed by atoms with E-state index in [4.69, 9.17) is 5.11 Å². The molecular weight excluding hydrogens is 268 g/mol. The fourth-order valence-electron chi connectivity index (χ4n) is 2.03. The van der Waals surface area contributed by atoms with Crippen LogP contribution in [0.15, 0.2) is 0 Å². The minimum atomic E-state index is -3.81. The lowest BCUT2D eigenvalue weighted by Crippen LogP contribution is -2.46. The summed E-state index contributed by atoms with van der Waals surface area (Å²) < 4.78 is 50.0. The average Bonchev–Trinajstić information content (AvgIpc) is 2.09. The van der Waals surface area contributed by atoms with Gasteiger partial charge in [0.05, 0.1) is 5.75 Å². The topological polar surface area (TPSA) is 74.7 Å². The van der Waals surface area contributed by atoms with Gasteiger partial charge in [0, 0.05) is 18.9 Å². The molecule has 8 heteroatoms. The Morgan fingerprint density at radius 3 is 2.28 bits per heavy atom. The Kier molecular flexibility index (Phi) is 4.32. The normalized spacial score (nSPS) is 20.1. The summed E-state index contributed by atoms with van der Waals surface area (Å²) in [5.74, 6) is -5.02. The standard InChI is InChI=1S/C10H17F2NO4S/c1-7(2)13(5-9(14)15)18(16,17)6-8-3-10(11,12)4-8/h7-8H,3-6H2,1-2H3,(H,14,15). The largest absolute Gasteiger partial charge is 0.480 e. The van der Waals surface area contributed by atoms with Crippen molar-refractivity contribution in [3.8, 4) is 0 Å². The fraction of sp³-hybridized carbons (Fsp3) is 0.900. The number of hydrogen-bond acceptors (Lipinski definition) is 3. The zero-order valence-electron chi connectivity index (χ0n) is 10.3. The summed E-state index contributed by atoms with van der Waals surface area (Å²) in [6, 6.07) is -0.508. The molecule has 18 heavy (non-hydrogen) atoms. The van der Waals surface area contributed by atoms with Crippen LogP contribution >= 0.6 is 0 Å². The third kappa shape index (κ3) is 3.88. The lowest BCUT2D eigenvalue weighted by Gasteiger charge is -2.36. The maximum Gasteiger partial charge on any atom is 0.318 e. The van der Waals surface area contributed by atoms with Crippen LogP contribution in [-0.2, 0) is 14.8 Å². The minimum Gasteiger partial charge on any atom is -0.480 e. The summed E-state index contributed by atoms with van der Waals surface area (Å²) in [6.07, 6.45) is -0.878. The van der Waals surface area contributed by atoms with Crippen molar-refractivity contribution in [3.05, 3.63) is 0 Å². The van der Waals surface area contributed by atoms with Crippen LogP contribution in [-0.4, -0.2) is 48.1 Å². The maximum atomic E-state index is 12.6. The van der Waals surface area contributed by atoms with Gasteiger partial charge in [-0.15, -0.1) is 0 Å². The predicted molar refractivity (Wildman–Crippen MR) is 60.9 cm³/mol. The highest BCUT2D eigenvalue weighted by molar-refractivity contribution is 7.89. The van der Waals surface area contributed by atoms with Crippen LogP contribution in [0.5, 0.6) is 0 Å². The first-order valence-electron chi connectivity index (χ1n) is 5.62. The van der Waals surface area contributed by atoms with E-state index in [-0.39, 0.29) is 0 Å². The van der Waals surface area contributed by atoms with E-state index in [9.17, 15) is 22.0 Å². The summed E-state index contributed by atoms with van der Waals surface area (Å²) in [4.78, 5) is 10.6. The SMILES string of the molecule is CC(C)N(CC(=O)O)S(=O)(=O)CC1CC(F)(F)C1. The Morgan fingerprint density at radius 2 is 1.94 bits per heavy atom. The van der Waals surface area contributed by atoms with Gasteiger partial charge in [-0.05, 0) is 19.8 Å². The van der Waals surface area contributed by atoms with E-state index in [0.29, 0.717) is 0 Å². The molecule has 0 spiro atoms. The van der Waals surface area contributed by atoms with Crippen molar-refractivity contribution in [1.82, 2.24) is 4.31 Å². The molecule has 0 aromatic carbocycles. The zero-order chi connectivity index (χ0) is 14.1. The molecular formula is C10H17F2NO4S. The molecule has 0 aromatic rings. The van der Waals surface area contributed by atoms with Gasteiger partial charge in [-0.1, -0.05) is 0 Å². The van der Waals surface area contributed by atoms with Crippen LogP contribution in [0.4, 0.5) is 8.78 Å². The van der Waals surface area contributed by atoms with Crippen LogP contribution < -0.4 is 0 Å². The second-order valence-electron chi connectivity index (χ2n) is 4.94. The molecule has 0 bridgehead atoms. The smallest absolute Gasteiger partial charge is 0.318 e. The first-order valence-corrected chi connectivity index (χ1v) is 7.23. The molecule has 0 aromatic heterocycles. The monoisotopic (exact) mass is 285 g/mol. The third-order valence-electron chi connectivity index (χ3n) is 2.85. The first kappa shape index (κ1) is 15.3. The number of halogens is 2. The van der Waals surface area contributed by atoms with Gasteiger partial charge < -0.3 is 5.11 Å². The summed E-state index contributed by atoms with van der Waals surface area (Å²) in [6.45, 7) is 2.47. The molecule has 0 radical (unpaired) electrons. The van der Waals surface area contributed by atoms with Crippen LogP contribution in [0.25, 0.3) is 0 Å². The van der Waals surface area contributed by atoms with Crippen LogP contribution in [0, 0.1) is 5.92 Å². The van der Waals surface area contributed by atoms with Gasteiger partial charge in [-0.2, -0.15) is 4.31 Å². The van der Waals surface area contributed by atoms with E-state index < -0.39 is 59.0 Å². The van der Waals surface area contributed by atoms with Crippen molar-refractivity contribution in [2.24, 2.45) is 5.92 Å². The molecule has 0 atom stereocenters. The number of carboxylic acids is 1. The van der Waals surface area contributed by atoms with Gasteiger partial charge in [-0.3, -0.25) is 4.79 Å². The molecule has 0 aliphatic heterocycles. The van der Waals surface area contributed by atoms with Crippen molar-refractivity contribution in [2.45, 2.75) is 38.7 Å². The Hall–Kier alpha value is -0.760. The number of hydrogen-bond donors (Lipinski definition) is 1. The molecule has 1 rings (SSSR count). The van der Waals surface area contributed by atoms with E-state index in [0.717, 1.165) is 4.31 Å². The Morgan fingerprint density at radius 1 is 1.44 bits per heavy atom. The highest BCUT2D eigenvalue weighted by Gasteiger charge is 2.47. The molecule has 0 saturated heterocycles. The van der Waals surface area contributed by atoms with E-state index in [2.05, 4.69) is 0 Å². The summed E-state index contributed by atoms with van der Waals surface area (Å²) >= 11 is 0. The van der Waals surface area contributed by atoms with Crippen LogP contribution in [0.2, 0.25) is 0 Å². The van der Waals surface area contributed by atoms with E-state index in [1.807, 2.05) is 0 Å². The van der Waals surface area contributed by atoms with Crippen molar-refractivity contribution in [1.29, 1.82) is 0 Å². The van der Waals surface area contributed by atoms with Gasteiger partial charge in [0.15, 0.2) is 0 Å². The van der Waals surface area contributed by atoms with Gasteiger partial charge in [0.25, 0.3) is 0 Å². The summed E-state index contributed by atoms with van der Waals surface area (Å²) in [5.41, 5.74) is 0. The summed E-state index contributed by atoms with van der Waals surface area (Å²) in [7, 11) is -3.81. The molecule has 1 N–H and O–H groups in total. The van der Waals surface area contributed by atoms with Gasteiger partial charge in [-0.25, -0.2) is 17.2 Å². The fourth-order valence-corrected chi connectivity index (χ4v) is 4.00. The van der Waals surface area contributed by atoms with Crippen molar-refractivity contribution in [2.75, 3.05) is 12.3 Å². The molecule has 0 amide bonds. The average molecular weight is 285 g/mol. The van der Waals surface area contributed by atoms with Crippen molar-refractivity contribution >= 4 is 16.0 Å². The van der Waals surface area contributed by atoms with Crippen molar-refractivity contribution in [3.63, 3.8) is 0 Å².